The lowest BCUT2D eigenvalue weighted by Crippen LogP contribution is -2.22. The number of hydrogen-bond donors (Lipinski definition) is 1. The van der Waals surface area contributed by atoms with Gasteiger partial charge in [0.15, 0.2) is 0 Å². The molecule has 72 valence electrons. The monoisotopic (exact) mass is 182 g/mol. The molecule has 0 bridgehead atoms. The van der Waals surface area contributed by atoms with E-state index in [9.17, 15) is 5.11 Å². The Hall–Kier alpha value is -0.560. The summed E-state index contributed by atoms with van der Waals surface area (Å²) in [5.74, 6) is 2.79. The van der Waals surface area contributed by atoms with Crippen molar-refractivity contribution in [3.8, 4) is 12.3 Å². The summed E-state index contributed by atoms with van der Waals surface area (Å²) < 4.78 is 10.7. The fourth-order valence-corrected chi connectivity index (χ4v) is 1.78. The van der Waals surface area contributed by atoms with Gasteiger partial charge < -0.3 is 14.6 Å². The fourth-order valence-electron chi connectivity index (χ4n) is 1.78. The summed E-state index contributed by atoms with van der Waals surface area (Å²) >= 11 is 0. The molecular weight excluding hydrogens is 168 g/mol. The number of ether oxygens (including phenoxy) is 2. The van der Waals surface area contributed by atoms with E-state index < -0.39 is 12.2 Å². The van der Waals surface area contributed by atoms with Gasteiger partial charge in [0.25, 0.3) is 0 Å². The Morgan fingerprint density at radius 1 is 1.54 bits per heavy atom. The second-order valence-corrected chi connectivity index (χ2v) is 3.80. The summed E-state index contributed by atoms with van der Waals surface area (Å²) in [7, 11) is 0. The molecule has 2 heterocycles. The van der Waals surface area contributed by atoms with Crippen molar-refractivity contribution < 1.29 is 14.6 Å². The van der Waals surface area contributed by atoms with Crippen LogP contribution in [0.5, 0.6) is 0 Å². The first-order valence-corrected chi connectivity index (χ1v) is 4.63. The quantitative estimate of drug-likeness (QED) is 0.489. The van der Waals surface area contributed by atoms with E-state index in [0.29, 0.717) is 18.4 Å². The molecule has 2 rings (SSSR count). The van der Waals surface area contributed by atoms with Crippen LogP contribution in [0.15, 0.2) is 0 Å². The van der Waals surface area contributed by atoms with Crippen molar-refractivity contribution in [3.05, 3.63) is 0 Å². The zero-order valence-electron chi connectivity index (χ0n) is 7.64. The van der Waals surface area contributed by atoms with E-state index in [1.54, 1.807) is 0 Å². The standard InChI is InChI=1S/C10H14O3/c1-3-8-7(11)4-9(13-8)6(2)10-5-12-10/h1,6-11H,4-5H2,2H3/t6-,7-,8-,9-,10+/m1/s1. The van der Waals surface area contributed by atoms with Gasteiger partial charge in [0.1, 0.15) is 6.10 Å². The molecule has 2 fully saturated rings. The maximum Gasteiger partial charge on any atom is 0.144 e. The number of hydrogen-bond acceptors (Lipinski definition) is 3. The second-order valence-electron chi connectivity index (χ2n) is 3.80. The Morgan fingerprint density at radius 2 is 2.23 bits per heavy atom. The lowest BCUT2D eigenvalue weighted by Gasteiger charge is -2.16. The van der Waals surface area contributed by atoms with Crippen LogP contribution in [0.4, 0.5) is 0 Å². The molecule has 0 aliphatic carbocycles. The molecule has 0 aromatic rings. The Morgan fingerprint density at radius 3 is 2.69 bits per heavy atom. The lowest BCUT2D eigenvalue weighted by atomic mass is 9.98. The summed E-state index contributed by atoms with van der Waals surface area (Å²) in [5.41, 5.74) is 0. The van der Waals surface area contributed by atoms with Crippen molar-refractivity contribution >= 4 is 0 Å². The van der Waals surface area contributed by atoms with Gasteiger partial charge in [0.2, 0.25) is 0 Å². The molecule has 0 saturated carbocycles. The number of rotatable bonds is 2. The summed E-state index contributed by atoms with van der Waals surface area (Å²) in [4.78, 5) is 0. The molecule has 1 N–H and O–H groups in total. The molecule has 0 aromatic heterocycles. The third kappa shape index (κ3) is 1.71. The van der Waals surface area contributed by atoms with Gasteiger partial charge in [-0.05, 0) is 0 Å². The maximum absolute atomic E-state index is 9.50. The predicted molar refractivity (Wildman–Crippen MR) is 47.0 cm³/mol. The third-order valence-electron chi connectivity index (χ3n) is 2.84. The van der Waals surface area contributed by atoms with Crippen LogP contribution in [0.25, 0.3) is 0 Å². The number of aliphatic hydroxyl groups excluding tert-OH is 1. The van der Waals surface area contributed by atoms with Crippen LogP contribution >= 0.6 is 0 Å². The topological polar surface area (TPSA) is 42.0 Å². The zero-order valence-corrected chi connectivity index (χ0v) is 7.64. The van der Waals surface area contributed by atoms with Crippen molar-refractivity contribution in [2.45, 2.75) is 37.8 Å². The SMILES string of the molecule is C#C[C@H]1O[C@@H]([C@@H](C)[C@@H]2CO2)C[C@H]1O. The van der Waals surface area contributed by atoms with E-state index in [1.165, 1.54) is 0 Å². The van der Waals surface area contributed by atoms with Gasteiger partial charge in [-0.3, -0.25) is 0 Å². The van der Waals surface area contributed by atoms with Gasteiger partial charge in [-0.15, -0.1) is 6.42 Å². The van der Waals surface area contributed by atoms with Crippen LogP contribution in [0.1, 0.15) is 13.3 Å². The van der Waals surface area contributed by atoms with E-state index in [-0.39, 0.29) is 6.10 Å². The fraction of sp³-hybridized carbons (Fsp3) is 0.800. The normalized spacial score (nSPS) is 45.6. The highest BCUT2D eigenvalue weighted by Gasteiger charge is 2.42. The summed E-state index contributed by atoms with van der Waals surface area (Å²) in [6.45, 7) is 2.89. The molecule has 0 radical (unpaired) electrons. The number of epoxide rings is 1. The van der Waals surface area contributed by atoms with E-state index >= 15 is 0 Å². The van der Waals surface area contributed by atoms with Crippen LogP contribution in [-0.2, 0) is 9.47 Å². The second kappa shape index (κ2) is 3.30. The molecule has 0 spiro atoms. The highest BCUT2D eigenvalue weighted by molar-refractivity contribution is 5.04. The van der Waals surface area contributed by atoms with Crippen molar-refractivity contribution in [2.24, 2.45) is 5.92 Å². The van der Waals surface area contributed by atoms with Gasteiger partial charge in [-0.2, -0.15) is 0 Å². The molecule has 2 saturated heterocycles. The van der Waals surface area contributed by atoms with Crippen LogP contribution in [-0.4, -0.2) is 36.1 Å². The Bertz CT molecular complexity index is 229. The molecule has 0 aromatic carbocycles. The molecule has 3 nitrogen and oxygen atoms in total. The Balaban J connectivity index is 1.92. The highest BCUT2D eigenvalue weighted by Crippen LogP contribution is 2.32. The van der Waals surface area contributed by atoms with Crippen molar-refractivity contribution in [3.63, 3.8) is 0 Å². The van der Waals surface area contributed by atoms with Gasteiger partial charge in [-0.25, -0.2) is 0 Å². The maximum atomic E-state index is 9.50. The average molecular weight is 182 g/mol. The molecule has 13 heavy (non-hydrogen) atoms. The molecule has 2 aliphatic heterocycles. The van der Waals surface area contributed by atoms with Crippen molar-refractivity contribution in [2.75, 3.05) is 6.61 Å². The van der Waals surface area contributed by atoms with E-state index in [4.69, 9.17) is 15.9 Å². The van der Waals surface area contributed by atoms with E-state index in [1.807, 2.05) is 0 Å². The van der Waals surface area contributed by atoms with Crippen LogP contribution in [0.3, 0.4) is 0 Å². The van der Waals surface area contributed by atoms with Gasteiger partial charge in [-0.1, -0.05) is 12.8 Å². The van der Waals surface area contributed by atoms with Crippen molar-refractivity contribution in [1.29, 1.82) is 0 Å². The minimum Gasteiger partial charge on any atom is -0.389 e. The van der Waals surface area contributed by atoms with E-state index in [2.05, 4.69) is 12.8 Å². The largest absolute Gasteiger partial charge is 0.389 e. The molecule has 0 amide bonds. The van der Waals surface area contributed by atoms with Gasteiger partial charge in [0.05, 0.1) is 24.9 Å². The predicted octanol–water partition coefficient (Wildman–Crippen LogP) is 0.173. The van der Waals surface area contributed by atoms with Crippen LogP contribution in [0.2, 0.25) is 0 Å². The molecule has 0 unspecified atom stereocenters. The summed E-state index contributed by atoms with van der Waals surface area (Å²) in [5, 5.41) is 9.50. The van der Waals surface area contributed by atoms with Crippen LogP contribution < -0.4 is 0 Å². The molecular formula is C10H14O3. The van der Waals surface area contributed by atoms with Gasteiger partial charge in [0, 0.05) is 12.3 Å². The molecule has 5 atom stereocenters. The smallest absolute Gasteiger partial charge is 0.144 e. The molecule has 2 aliphatic rings. The van der Waals surface area contributed by atoms with Crippen LogP contribution in [0, 0.1) is 18.3 Å². The van der Waals surface area contributed by atoms with Gasteiger partial charge >= 0.3 is 0 Å². The minimum atomic E-state index is -0.504. The average Bonchev–Trinajstić information content (AvgIpc) is 2.89. The first-order valence-electron chi connectivity index (χ1n) is 4.63. The number of terminal acetylenes is 1. The molecule has 3 heteroatoms. The third-order valence-corrected chi connectivity index (χ3v) is 2.84. The lowest BCUT2D eigenvalue weighted by molar-refractivity contribution is 0.0168. The Kier molecular flexibility index (Phi) is 2.29. The first-order chi connectivity index (χ1) is 6.22. The van der Waals surface area contributed by atoms with Crippen molar-refractivity contribution in [1.82, 2.24) is 0 Å². The first kappa shape index (κ1) is 9.01. The Labute approximate surface area is 78.0 Å². The minimum absolute atomic E-state index is 0.0588. The highest BCUT2D eigenvalue weighted by atomic mass is 16.6. The summed E-state index contributed by atoms with van der Waals surface area (Å²) in [6, 6.07) is 0. The number of aliphatic hydroxyl groups is 1. The summed E-state index contributed by atoms with van der Waals surface area (Å²) in [6.07, 6.45) is 5.29. The van der Waals surface area contributed by atoms with E-state index in [0.717, 1.165) is 6.61 Å². The zero-order chi connectivity index (χ0) is 9.42.